The van der Waals surface area contributed by atoms with Crippen molar-refractivity contribution in [3.63, 3.8) is 0 Å². The van der Waals surface area contributed by atoms with Crippen molar-refractivity contribution in [2.45, 2.75) is 32.4 Å². The lowest BCUT2D eigenvalue weighted by atomic mass is 9.88. The number of ether oxygens (including phenoxy) is 2. The minimum atomic E-state index is -0.125. The Morgan fingerprint density at radius 2 is 1.62 bits per heavy atom. The molecule has 0 spiro atoms. The number of carbonyl (C=O) groups is 1. The zero-order valence-corrected chi connectivity index (χ0v) is 22.3. The van der Waals surface area contributed by atoms with Crippen molar-refractivity contribution in [2.24, 2.45) is 0 Å². The van der Waals surface area contributed by atoms with Crippen molar-refractivity contribution in [2.75, 3.05) is 13.7 Å². The van der Waals surface area contributed by atoms with Crippen LogP contribution in [-0.4, -0.2) is 29.2 Å². The number of carbonyl (C=O) groups excluding carboxylic acids is 1. The molecule has 5 rings (SSSR count). The number of hydrogen-bond acceptors (Lipinski definition) is 4. The second kappa shape index (κ2) is 12.3. The average Bonchev–Trinajstić information content (AvgIpc) is 3.34. The standard InChI is InChI=1S/C33H33N3O3/c1-3-39-28-14-10-26(11-15-28)30(20-33(37)35-21-24-16-18-34-19-17-24)31-23-36(32-7-5-4-6-29(31)32)22-25-8-12-27(38-2)13-9-25/h4-19,23,30H,3,20-22H2,1-2H3,(H,35,37)/t30-/m0/s1. The zero-order chi connectivity index (χ0) is 27.0. The summed E-state index contributed by atoms with van der Waals surface area (Å²) < 4.78 is 13.3. The molecule has 0 fully saturated rings. The third-order valence-electron chi connectivity index (χ3n) is 6.93. The predicted octanol–water partition coefficient (Wildman–Crippen LogP) is 6.33. The van der Waals surface area contributed by atoms with E-state index in [9.17, 15) is 4.79 Å². The molecule has 1 atom stereocenters. The van der Waals surface area contributed by atoms with Gasteiger partial charge in [0.05, 0.1) is 13.7 Å². The normalized spacial score (nSPS) is 11.7. The monoisotopic (exact) mass is 519 g/mol. The quantitative estimate of drug-likeness (QED) is 0.221. The number of para-hydroxylation sites is 1. The minimum absolute atomic E-state index is 0.00215. The van der Waals surface area contributed by atoms with Crippen LogP contribution in [0.4, 0.5) is 0 Å². The largest absolute Gasteiger partial charge is 0.497 e. The van der Waals surface area contributed by atoms with Gasteiger partial charge in [0.2, 0.25) is 5.91 Å². The topological polar surface area (TPSA) is 65.4 Å². The maximum Gasteiger partial charge on any atom is 0.221 e. The third-order valence-corrected chi connectivity index (χ3v) is 6.93. The lowest BCUT2D eigenvalue weighted by Crippen LogP contribution is -2.25. The Morgan fingerprint density at radius 3 is 2.33 bits per heavy atom. The number of hydrogen-bond donors (Lipinski definition) is 1. The molecule has 0 radical (unpaired) electrons. The molecule has 0 saturated carbocycles. The van der Waals surface area contributed by atoms with Crippen LogP contribution in [0.2, 0.25) is 0 Å². The SMILES string of the molecule is CCOc1ccc([C@H](CC(=O)NCc2ccncc2)c2cn(Cc3ccc(OC)cc3)c3ccccc23)cc1. The molecule has 0 bridgehead atoms. The summed E-state index contributed by atoms with van der Waals surface area (Å²) in [6.45, 7) is 3.77. The van der Waals surface area contributed by atoms with Crippen LogP contribution in [-0.2, 0) is 17.9 Å². The number of nitrogens with one attached hydrogen (secondary N) is 1. The Labute approximate surface area is 229 Å². The summed E-state index contributed by atoms with van der Waals surface area (Å²) >= 11 is 0. The van der Waals surface area contributed by atoms with Crippen LogP contribution in [0, 0.1) is 0 Å². The van der Waals surface area contributed by atoms with E-state index >= 15 is 0 Å². The first-order valence-electron chi connectivity index (χ1n) is 13.2. The Kier molecular flexibility index (Phi) is 8.22. The van der Waals surface area contributed by atoms with E-state index in [1.807, 2.05) is 43.3 Å². The Balaban J connectivity index is 1.48. The number of pyridine rings is 1. The smallest absolute Gasteiger partial charge is 0.221 e. The van der Waals surface area contributed by atoms with E-state index in [0.717, 1.165) is 45.6 Å². The predicted molar refractivity (Wildman–Crippen MR) is 154 cm³/mol. The van der Waals surface area contributed by atoms with Crippen LogP contribution < -0.4 is 14.8 Å². The van der Waals surface area contributed by atoms with Gasteiger partial charge < -0.3 is 19.4 Å². The summed E-state index contributed by atoms with van der Waals surface area (Å²) in [5.41, 5.74) is 5.53. The number of nitrogens with zero attached hydrogens (tertiary/aromatic N) is 2. The van der Waals surface area contributed by atoms with Gasteiger partial charge in [-0.3, -0.25) is 9.78 Å². The van der Waals surface area contributed by atoms with Gasteiger partial charge in [-0.1, -0.05) is 42.5 Å². The van der Waals surface area contributed by atoms with E-state index in [1.165, 1.54) is 5.56 Å². The summed E-state index contributed by atoms with van der Waals surface area (Å²) in [7, 11) is 1.68. The molecular weight excluding hydrogens is 486 g/mol. The maximum absolute atomic E-state index is 13.3. The number of amides is 1. The summed E-state index contributed by atoms with van der Waals surface area (Å²) in [6, 6.07) is 28.5. The summed E-state index contributed by atoms with van der Waals surface area (Å²) in [4.78, 5) is 17.3. The summed E-state index contributed by atoms with van der Waals surface area (Å²) in [6.07, 6.45) is 6.01. The minimum Gasteiger partial charge on any atom is -0.497 e. The van der Waals surface area contributed by atoms with Gasteiger partial charge in [-0.05, 0) is 71.6 Å². The fourth-order valence-electron chi connectivity index (χ4n) is 4.94. The highest BCUT2D eigenvalue weighted by Crippen LogP contribution is 2.36. The Morgan fingerprint density at radius 1 is 0.897 bits per heavy atom. The molecule has 6 nitrogen and oxygen atoms in total. The molecule has 6 heteroatoms. The van der Waals surface area contributed by atoms with Gasteiger partial charge in [0, 0.05) is 54.9 Å². The molecule has 5 aromatic rings. The molecule has 1 N–H and O–H groups in total. The molecule has 0 saturated heterocycles. The highest BCUT2D eigenvalue weighted by atomic mass is 16.5. The molecular formula is C33H33N3O3. The lowest BCUT2D eigenvalue weighted by Gasteiger charge is -2.18. The highest BCUT2D eigenvalue weighted by Gasteiger charge is 2.23. The van der Waals surface area contributed by atoms with Gasteiger partial charge in [-0.15, -0.1) is 0 Å². The first-order valence-corrected chi connectivity index (χ1v) is 13.2. The van der Waals surface area contributed by atoms with E-state index in [-0.39, 0.29) is 11.8 Å². The first kappa shape index (κ1) is 26.0. The lowest BCUT2D eigenvalue weighted by molar-refractivity contribution is -0.121. The van der Waals surface area contributed by atoms with Crippen LogP contribution in [0.1, 0.15) is 41.5 Å². The number of fused-ring (bicyclic) bond motifs is 1. The fraction of sp³-hybridized carbons (Fsp3) is 0.212. The van der Waals surface area contributed by atoms with Crippen molar-refractivity contribution in [3.05, 3.63) is 126 Å². The molecule has 198 valence electrons. The molecule has 1 amide bonds. The van der Waals surface area contributed by atoms with E-state index < -0.39 is 0 Å². The molecule has 0 aliphatic rings. The van der Waals surface area contributed by atoms with Crippen molar-refractivity contribution in [1.29, 1.82) is 0 Å². The van der Waals surface area contributed by atoms with Crippen LogP contribution in [0.3, 0.4) is 0 Å². The van der Waals surface area contributed by atoms with E-state index in [4.69, 9.17) is 9.47 Å². The van der Waals surface area contributed by atoms with Crippen molar-refractivity contribution in [3.8, 4) is 11.5 Å². The molecule has 0 aliphatic heterocycles. The second-order valence-electron chi connectivity index (χ2n) is 9.47. The molecule has 0 aliphatic carbocycles. The van der Waals surface area contributed by atoms with E-state index in [2.05, 4.69) is 69.6 Å². The third kappa shape index (κ3) is 6.29. The number of rotatable bonds is 11. The number of aromatic nitrogens is 2. The van der Waals surface area contributed by atoms with Crippen molar-refractivity contribution >= 4 is 16.8 Å². The van der Waals surface area contributed by atoms with Crippen molar-refractivity contribution < 1.29 is 14.3 Å². The van der Waals surface area contributed by atoms with Crippen molar-refractivity contribution in [1.82, 2.24) is 14.9 Å². The van der Waals surface area contributed by atoms with Gasteiger partial charge >= 0.3 is 0 Å². The van der Waals surface area contributed by atoms with Crippen LogP contribution in [0.5, 0.6) is 11.5 Å². The van der Waals surface area contributed by atoms with Gasteiger partial charge in [-0.2, -0.15) is 0 Å². The van der Waals surface area contributed by atoms with Crippen LogP contribution >= 0.6 is 0 Å². The fourth-order valence-corrected chi connectivity index (χ4v) is 4.94. The first-order chi connectivity index (χ1) is 19.1. The number of benzene rings is 3. The molecule has 3 aromatic carbocycles. The molecule has 2 aromatic heterocycles. The van der Waals surface area contributed by atoms with Gasteiger partial charge in [0.15, 0.2) is 0 Å². The Bertz CT molecular complexity index is 1510. The van der Waals surface area contributed by atoms with Crippen LogP contribution in [0.15, 0.2) is 104 Å². The zero-order valence-electron chi connectivity index (χ0n) is 22.3. The van der Waals surface area contributed by atoms with E-state index in [0.29, 0.717) is 19.6 Å². The van der Waals surface area contributed by atoms with Gasteiger partial charge in [0.25, 0.3) is 0 Å². The number of methoxy groups -OCH3 is 1. The van der Waals surface area contributed by atoms with Gasteiger partial charge in [-0.25, -0.2) is 0 Å². The highest BCUT2D eigenvalue weighted by molar-refractivity contribution is 5.87. The molecule has 0 unspecified atom stereocenters. The molecule has 2 heterocycles. The van der Waals surface area contributed by atoms with Crippen LogP contribution in [0.25, 0.3) is 10.9 Å². The van der Waals surface area contributed by atoms with E-state index in [1.54, 1.807) is 19.5 Å². The second-order valence-corrected chi connectivity index (χ2v) is 9.47. The summed E-state index contributed by atoms with van der Waals surface area (Å²) in [5, 5.41) is 4.24. The molecule has 39 heavy (non-hydrogen) atoms. The van der Waals surface area contributed by atoms with Gasteiger partial charge in [0.1, 0.15) is 11.5 Å². The Hall–Kier alpha value is -4.58. The summed E-state index contributed by atoms with van der Waals surface area (Å²) in [5.74, 6) is 1.53. The average molecular weight is 520 g/mol. The maximum atomic E-state index is 13.3.